The molecule has 1 saturated heterocycles. The Hall–Kier alpha value is -0.870. The fourth-order valence-corrected chi connectivity index (χ4v) is 2.93. The van der Waals surface area contributed by atoms with E-state index in [4.69, 9.17) is 4.52 Å². The zero-order valence-corrected chi connectivity index (χ0v) is 11.4. The molecule has 1 aromatic rings. The Morgan fingerprint density at radius 1 is 1.39 bits per heavy atom. The van der Waals surface area contributed by atoms with Gasteiger partial charge < -0.3 is 9.84 Å². The van der Waals surface area contributed by atoms with Crippen molar-refractivity contribution in [2.75, 3.05) is 19.6 Å². The predicted octanol–water partition coefficient (Wildman–Crippen LogP) is 1.87. The first-order chi connectivity index (χ1) is 8.74. The van der Waals surface area contributed by atoms with E-state index in [0.717, 1.165) is 23.9 Å². The Morgan fingerprint density at radius 3 is 2.89 bits per heavy atom. The molecule has 2 heterocycles. The lowest BCUT2D eigenvalue weighted by atomic mass is 10.1. The van der Waals surface area contributed by atoms with Gasteiger partial charge in [-0.25, -0.2) is 0 Å². The Balaban J connectivity index is 1.67. The van der Waals surface area contributed by atoms with Gasteiger partial charge in [0.15, 0.2) is 0 Å². The lowest BCUT2D eigenvalue weighted by Crippen LogP contribution is -2.39. The molecule has 0 bridgehead atoms. The molecule has 4 heteroatoms. The molecular formula is C14H23N3O. The summed E-state index contributed by atoms with van der Waals surface area (Å²) in [6.07, 6.45) is 4.07. The Bertz CT molecular complexity index is 392. The van der Waals surface area contributed by atoms with E-state index >= 15 is 0 Å². The maximum absolute atomic E-state index is 5.26. The molecule has 1 aromatic heterocycles. The molecule has 0 spiro atoms. The maximum Gasteiger partial charge on any atom is 0.138 e. The second-order valence-electron chi connectivity index (χ2n) is 5.79. The first-order valence-electron chi connectivity index (χ1n) is 7.11. The van der Waals surface area contributed by atoms with E-state index in [2.05, 4.69) is 15.4 Å². The van der Waals surface area contributed by atoms with Crippen LogP contribution < -0.4 is 5.32 Å². The highest BCUT2D eigenvalue weighted by atomic mass is 16.5. The SMILES string of the molecule is Cc1noc(C)c1CN1CCCNC(C2CC2)C1. The summed E-state index contributed by atoms with van der Waals surface area (Å²) >= 11 is 0. The quantitative estimate of drug-likeness (QED) is 0.888. The summed E-state index contributed by atoms with van der Waals surface area (Å²) in [7, 11) is 0. The summed E-state index contributed by atoms with van der Waals surface area (Å²) in [5.74, 6) is 1.91. The molecule has 0 amide bonds. The third kappa shape index (κ3) is 2.59. The zero-order valence-electron chi connectivity index (χ0n) is 11.4. The number of rotatable bonds is 3. The fraction of sp³-hybridized carbons (Fsp3) is 0.786. The molecule has 1 aliphatic carbocycles. The molecule has 2 fully saturated rings. The molecule has 3 rings (SSSR count). The molecule has 100 valence electrons. The van der Waals surface area contributed by atoms with Crippen LogP contribution >= 0.6 is 0 Å². The van der Waals surface area contributed by atoms with Crippen molar-refractivity contribution in [3.8, 4) is 0 Å². The fourth-order valence-electron chi connectivity index (χ4n) is 2.93. The number of nitrogens with zero attached hydrogens (tertiary/aromatic N) is 2. The van der Waals surface area contributed by atoms with E-state index in [1.807, 2.05) is 13.8 Å². The van der Waals surface area contributed by atoms with E-state index in [1.54, 1.807) is 0 Å². The van der Waals surface area contributed by atoms with Gasteiger partial charge in [-0.3, -0.25) is 4.90 Å². The van der Waals surface area contributed by atoms with Crippen molar-refractivity contribution in [2.24, 2.45) is 5.92 Å². The number of hydrogen-bond acceptors (Lipinski definition) is 4. The second-order valence-corrected chi connectivity index (χ2v) is 5.79. The van der Waals surface area contributed by atoms with Crippen molar-refractivity contribution in [3.63, 3.8) is 0 Å². The number of aromatic nitrogens is 1. The first kappa shape index (κ1) is 12.2. The number of hydrogen-bond donors (Lipinski definition) is 1. The molecule has 1 aliphatic heterocycles. The second kappa shape index (κ2) is 5.02. The molecule has 1 saturated carbocycles. The monoisotopic (exact) mass is 249 g/mol. The zero-order chi connectivity index (χ0) is 12.5. The van der Waals surface area contributed by atoms with Crippen LogP contribution in [0.3, 0.4) is 0 Å². The van der Waals surface area contributed by atoms with Gasteiger partial charge in [0.1, 0.15) is 5.76 Å². The molecular weight excluding hydrogens is 226 g/mol. The largest absolute Gasteiger partial charge is 0.361 e. The lowest BCUT2D eigenvalue weighted by molar-refractivity contribution is 0.249. The minimum Gasteiger partial charge on any atom is -0.361 e. The van der Waals surface area contributed by atoms with Gasteiger partial charge >= 0.3 is 0 Å². The van der Waals surface area contributed by atoms with Gasteiger partial charge in [-0.1, -0.05) is 5.16 Å². The third-order valence-electron chi connectivity index (χ3n) is 4.27. The molecule has 0 aromatic carbocycles. The lowest BCUT2D eigenvalue weighted by Gasteiger charge is -2.24. The van der Waals surface area contributed by atoms with Crippen molar-refractivity contribution in [3.05, 3.63) is 17.0 Å². The minimum atomic E-state index is 0.702. The molecule has 1 atom stereocenters. The Morgan fingerprint density at radius 2 is 2.22 bits per heavy atom. The van der Waals surface area contributed by atoms with Crippen molar-refractivity contribution in [1.29, 1.82) is 0 Å². The standard InChI is InChI=1S/C14H23N3O/c1-10-13(11(2)18-16-10)8-17-7-3-6-15-14(9-17)12-4-5-12/h12,14-15H,3-9H2,1-2H3. The van der Waals surface area contributed by atoms with Gasteiger partial charge in [-0.05, 0) is 52.1 Å². The van der Waals surface area contributed by atoms with E-state index in [1.165, 1.54) is 44.5 Å². The van der Waals surface area contributed by atoms with Crippen LogP contribution in [-0.2, 0) is 6.54 Å². The van der Waals surface area contributed by atoms with E-state index in [-0.39, 0.29) is 0 Å². The highest BCUT2D eigenvalue weighted by Gasteiger charge is 2.33. The van der Waals surface area contributed by atoms with E-state index in [9.17, 15) is 0 Å². The van der Waals surface area contributed by atoms with Crippen molar-refractivity contribution >= 4 is 0 Å². The molecule has 0 radical (unpaired) electrons. The van der Waals surface area contributed by atoms with Crippen molar-refractivity contribution < 1.29 is 4.52 Å². The maximum atomic E-state index is 5.26. The molecule has 1 N–H and O–H groups in total. The first-order valence-corrected chi connectivity index (χ1v) is 7.11. The summed E-state index contributed by atoms with van der Waals surface area (Å²) < 4.78 is 5.26. The summed E-state index contributed by atoms with van der Waals surface area (Å²) in [6.45, 7) is 8.57. The minimum absolute atomic E-state index is 0.702. The van der Waals surface area contributed by atoms with Crippen LogP contribution in [0.5, 0.6) is 0 Å². The molecule has 4 nitrogen and oxygen atoms in total. The van der Waals surface area contributed by atoms with Gasteiger partial charge in [-0.2, -0.15) is 0 Å². The van der Waals surface area contributed by atoms with Gasteiger partial charge in [0.2, 0.25) is 0 Å². The van der Waals surface area contributed by atoms with Gasteiger partial charge in [0, 0.05) is 24.7 Å². The summed E-state index contributed by atoms with van der Waals surface area (Å²) in [6, 6.07) is 0.702. The van der Waals surface area contributed by atoms with Gasteiger partial charge in [0.05, 0.1) is 5.69 Å². The van der Waals surface area contributed by atoms with E-state index < -0.39 is 0 Å². The highest BCUT2D eigenvalue weighted by Crippen LogP contribution is 2.33. The number of aryl methyl sites for hydroxylation is 2. The van der Waals surface area contributed by atoms with Crippen LogP contribution in [-0.4, -0.2) is 35.7 Å². The van der Waals surface area contributed by atoms with E-state index in [0.29, 0.717) is 6.04 Å². The highest BCUT2D eigenvalue weighted by molar-refractivity contribution is 5.20. The van der Waals surface area contributed by atoms with Crippen LogP contribution in [0.4, 0.5) is 0 Å². The average Bonchev–Trinajstić information content (AvgIpc) is 3.14. The van der Waals surface area contributed by atoms with Crippen molar-refractivity contribution in [2.45, 2.75) is 45.7 Å². The van der Waals surface area contributed by atoms with Crippen LogP contribution in [0.2, 0.25) is 0 Å². The summed E-state index contributed by atoms with van der Waals surface area (Å²) in [4.78, 5) is 2.56. The number of nitrogens with one attached hydrogen (secondary N) is 1. The smallest absolute Gasteiger partial charge is 0.138 e. The van der Waals surface area contributed by atoms with Crippen LogP contribution in [0.25, 0.3) is 0 Å². The summed E-state index contributed by atoms with van der Waals surface area (Å²) in [5, 5.41) is 7.76. The van der Waals surface area contributed by atoms with Crippen LogP contribution in [0, 0.1) is 19.8 Å². The predicted molar refractivity (Wildman–Crippen MR) is 70.4 cm³/mol. The molecule has 1 unspecified atom stereocenters. The van der Waals surface area contributed by atoms with Gasteiger partial charge in [-0.15, -0.1) is 0 Å². The topological polar surface area (TPSA) is 41.3 Å². The normalized spacial score (nSPS) is 26.2. The Labute approximate surface area is 109 Å². The third-order valence-corrected chi connectivity index (χ3v) is 4.27. The van der Waals surface area contributed by atoms with Gasteiger partial charge in [0.25, 0.3) is 0 Å². The van der Waals surface area contributed by atoms with Crippen molar-refractivity contribution in [1.82, 2.24) is 15.4 Å². The molecule has 18 heavy (non-hydrogen) atoms. The Kier molecular flexibility index (Phi) is 3.39. The average molecular weight is 249 g/mol. The van der Waals surface area contributed by atoms with Crippen LogP contribution in [0.1, 0.15) is 36.3 Å². The molecule has 2 aliphatic rings. The summed E-state index contributed by atoms with van der Waals surface area (Å²) in [5.41, 5.74) is 2.33. The van der Waals surface area contributed by atoms with Crippen LogP contribution in [0.15, 0.2) is 4.52 Å².